The van der Waals surface area contributed by atoms with Gasteiger partial charge in [0, 0.05) is 5.39 Å². The van der Waals surface area contributed by atoms with Crippen LogP contribution in [0.15, 0.2) is 34.7 Å². The van der Waals surface area contributed by atoms with Crippen LogP contribution in [0.1, 0.15) is 31.6 Å². The van der Waals surface area contributed by atoms with E-state index in [0.29, 0.717) is 5.92 Å². The van der Waals surface area contributed by atoms with Crippen LogP contribution in [0, 0.1) is 5.92 Å². The zero-order valence-corrected chi connectivity index (χ0v) is 13.7. The Morgan fingerprint density at radius 1 is 1.35 bits per heavy atom. The molecule has 0 bridgehead atoms. The Hall–Kier alpha value is -1.86. The highest BCUT2D eigenvalue weighted by atomic mass is 32.2. The molecule has 1 aliphatic carbocycles. The van der Waals surface area contributed by atoms with Crippen LogP contribution in [0.3, 0.4) is 0 Å². The van der Waals surface area contributed by atoms with Crippen molar-refractivity contribution >= 4 is 26.9 Å². The summed E-state index contributed by atoms with van der Waals surface area (Å²) >= 11 is 0. The molecule has 1 heterocycles. The summed E-state index contributed by atoms with van der Waals surface area (Å²) in [6.07, 6.45) is 2.06. The van der Waals surface area contributed by atoms with Crippen LogP contribution in [0.25, 0.3) is 11.0 Å². The van der Waals surface area contributed by atoms with E-state index in [-0.39, 0.29) is 24.2 Å². The fourth-order valence-electron chi connectivity index (χ4n) is 2.51. The van der Waals surface area contributed by atoms with Gasteiger partial charge in [0.1, 0.15) is 11.3 Å². The number of rotatable bonds is 7. The second kappa shape index (κ2) is 6.33. The molecule has 2 aromatic rings. The van der Waals surface area contributed by atoms with E-state index < -0.39 is 10.0 Å². The van der Waals surface area contributed by atoms with E-state index in [9.17, 15) is 13.2 Å². The third-order valence-corrected chi connectivity index (χ3v) is 5.34. The molecule has 124 valence electrons. The van der Waals surface area contributed by atoms with Gasteiger partial charge in [-0.1, -0.05) is 18.2 Å². The zero-order chi connectivity index (χ0) is 16.4. The summed E-state index contributed by atoms with van der Waals surface area (Å²) < 4.78 is 31.0. The molecule has 23 heavy (non-hydrogen) atoms. The number of hydrogen-bond acceptors (Lipinski definition) is 4. The minimum absolute atomic E-state index is 0.0457. The van der Waals surface area contributed by atoms with Crippen LogP contribution in [0.4, 0.5) is 0 Å². The van der Waals surface area contributed by atoms with Crippen LogP contribution in [0.5, 0.6) is 0 Å². The predicted molar refractivity (Wildman–Crippen MR) is 87.3 cm³/mol. The Kier molecular flexibility index (Phi) is 4.41. The lowest BCUT2D eigenvalue weighted by molar-refractivity contribution is -0.121. The van der Waals surface area contributed by atoms with Crippen molar-refractivity contribution in [3.63, 3.8) is 0 Å². The van der Waals surface area contributed by atoms with E-state index in [4.69, 9.17) is 4.42 Å². The molecule has 1 aromatic heterocycles. The summed E-state index contributed by atoms with van der Waals surface area (Å²) in [7, 11) is -3.37. The monoisotopic (exact) mass is 336 g/mol. The number of nitrogens with one attached hydrogen (secondary N) is 2. The van der Waals surface area contributed by atoms with Crippen molar-refractivity contribution in [3.05, 3.63) is 36.1 Å². The molecule has 0 aliphatic heterocycles. The molecular weight excluding hydrogens is 316 g/mol. The molecule has 1 fully saturated rings. The van der Waals surface area contributed by atoms with Crippen LogP contribution in [-0.4, -0.2) is 26.6 Å². The van der Waals surface area contributed by atoms with Gasteiger partial charge in [-0.3, -0.25) is 4.79 Å². The molecule has 1 aromatic carbocycles. The maximum Gasteiger partial charge on any atom is 0.235 e. The number of benzene rings is 1. The lowest BCUT2D eigenvalue weighted by Crippen LogP contribution is -2.39. The molecule has 1 atom stereocenters. The van der Waals surface area contributed by atoms with Crippen LogP contribution >= 0.6 is 0 Å². The van der Waals surface area contributed by atoms with Crippen LogP contribution < -0.4 is 10.0 Å². The number of amides is 1. The fraction of sp³-hybridized carbons (Fsp3) is 0.438. The molecule has 0 radical (unpaired) electrons. The first-order valence-corrected chi connectivity index (χ1v) is 9.39. The maximum absolute atomic E-state index is 12.1. The summed E-state index contributed by atoms with van der Waals surface area (Å²) in [6, 6.07) is 9.42. The molecule has 0 saturated heterocycles. The highest BCUT2D eigenvalue weighted by molar-refractivity contribution is 7.89. The molecule has 1 aliphatic rings. The van der Waals surface area contributed by atoms with Gasteiger partial charge in [0.2, 0.25) is 15.9 Å². The molecule has 6 nitrogen and oxygen atoms in total. The first-order chi connectivity index (χ1) is 11.0. The maximum atomic E-state index is 12.1. The van der Waals surface area contributed by atoms with Gasteiger partial charge in [0.15, 0.2) is 0 Å². The molecule has 0 spiro atoms. The average molecular weight is 336 g/mol. The largest absolute Gasteiger partial charge is 0.459 e. The number of carbonyl (C=O) groups excluding carboxylic acids is 1. The Bertz CT molecular complexity index is 775. The van der Waals surface area contributed by atoms with E-state index in [1.54, 1.807) is 0 Å². The van der Waals surface area contributed by atoms with Gasteiger partial charge in [-0.25, -0.2) is 13.1 Å². The van der Waals surface area contributed by atoms with Gasteiger partial charge in [-0.2, -0.15) is 0 Å². The minimum Gasteiger partial charge on any atom is -0.459 e. The second-order valence-corrected chi connectivity index (χ2v) is 7.89. The van der Waals surface area contributed by atoms with E-state index in [0.717, 1.165) is 29.6 Å². The predicted octanol–water partition coefficient (Wildman–Crippen LogP) is 1.94. The highest BCUT2D eigenvalue weighted by Crippen LogP contribution is 2.42. The zero-order valence-electron chi connectivity index (χ0n) is 12.9. The third kappa shape index (κ3) is 3.92. The Labute approximate surface area is 135 Å². The van der Waals surface area contributed by atoms with Crippen molar-refractivity contribution in [2.75, 3.05) is 12.3 Å². The van der Waals surface area contributed by atoms with E-state index >= 15 is 0 Å². The lowest BCUT2D eigenvalue weighted by atomic mass is 10.1. The summed E-state index contributed by atoms with van der Waals surface area (Å²) in [4.78, 5) is 12.1. The summed E-state index contributed by atoms with van der Waals surface area (Å²) in [5, 5.41) is 3.89. The topological polar surface area (TPSA) is 88.4 Å². The Balaban J connectivity index is 1.71. The van der Waals surface area contributed by atoms with Crippen molar-refractivity contribution in [2.24, 2.45) is 5.92 Å². The third-order valence-electron chi connectivity index (χ3n) is 3.99. The summed E-state index contributed by atoms with van der Waals surface area (Å²) in [6.45, 7) is 1.28. The van der Waals surface area contributed by atoms with E-state index in [1.807, 2.05) is 30.3 Å². The quantitative estimate of drug-likeness (QED) is 0.809. The number of sulfonamides is 1. The Morgan fingerprint density at radius 2 is 2.09 bits per heavy atom. The Morgan fingerprint density at radius 3 is 2.74 bits per heavy atom. The van der Waals surface area contributed by atoms with Gasteiger partial charge in [-0.05, 0) is 37.8 Å². The molecule has 1 amide bonds. The average Bonchev–Trinajstić information content (AvgIpc) is 3.28. The van der Waals surface area contributed by atoms with E-state index in [1.165, 1.54) is 6.92 Å². The van der Waals surface area contributed by atoms with Crippen molar-refractivity contribution in [3.8, 4) is 0 Å². The van der Waals surface area contributed by atoms with Gasteiger partial charge >= 0.3 is 0 Å². The summed E-state index contributed by atoms with van der Waals surface area (Å²) in [5.41, 5.74) is 0.786. The molecule has 1 saturated carbocycles. The smallest absolute Gasteiger partial charge is 0.235 e. The number of hydrogen-bond donors (Lipinski definition) is 2. The number of carbonyl (C=O) groups is 1. The van der Waals surface area contributed by atoms with Gasteiger partial charge in [0.25, 0.3) is 0 Å². The van der Waals surface area contributed by atoms with E-state index in [2.05, 4.69) is 10.0 Å². The van der Waals surface area contributed by atoms with Gasteiger partial charge < -0.3 is 9.73 Å². The summed E-state index contributed by atoms with van der Waals surface area (Å²) in [5.74, 6) is 0.678. The minimum atomic E-state index is -3.37. The van der Waals surface area contributed by atoms with Crippen molar-refractivity contribution in [1.82, 2.24) is 10.0 Å². The fourth-order valence-corrected chi connectivity index (χ4v) is 3.06. The molecular formula is C16H20N2O4S. The van der Waals surface area contributed by atoms with Crippen LogP contribution in [-0.2, 0) is 14.8 Å². The lowest BCUT2D eigenvalue weighted by Gasteiger charge is -2.16. The molecule has 3 rings (SSSR count). The van der Waals surface area contributed by atoms with Crippen molar-refractivity contribution in [1.29, 1.82) is 0 Å². The SMILES string of the molecule is CCS(=O)(=O)NCC(=O)N[C@H](c1cc2ccccc2o1)C1CC1. The normalized spacial score (nSPS) is 16.4. The van der Waals surface area contributed by atoms with Gasteiger partial charge in [0.05, 0.1) is 18.3 Å². The van der Waals surface area contributed by atoms with Gasteiger partial charge in [-0.15, -0.1) is 0 Å². The van der Waals surface area contributed by atoms with Crippen LogP contribution in [0.2, 0.25) is 0 Å². The van der Waals surface area contributed by atoms with Crippen molar-refractivity contribution < 1.29 is 17.6 Å². The molecule has 0 unspecified atom stereocenters. The first-order valence-electron chi connectivity index (χ1n) is 7.73. The molecule has 7 heteroatoms. The number of para-hydroxylation sites is 1. The second-order valence-electron chi connectivity index (χ2n) is 5.79. The molecule has 2 N–H and O–H groups in total. The number of furan rings is 1. The standard InChI is InChI=1S/C16H20N2O4S/c1-2-23(20,21)17-10-15(19)18-16(11-7-8-11)14-9-12-5-3-4-6-13(12)22-14/h3-6,9,11,16-17H,2,7-8,10H2,1H3,(H,18,19)/t16-/m0/s1. The number of fused-ring (bicyclic) bond motifs is 1. The highest BCUT2D eigenvalue weighted by Gasteiger charge is 2.35. The first kappa shape index (κ1) is 16.0. The van der Waals surface area contributed by atoms with Crippen molar-refractivity contribution in [2.45, 2.75) is 25.8 Å².